The molecule has 1 N–H and O–H groups in total. The van der Waals surface area contributed by atoms with Crippen LogP contribution in [0.3, 0.4) is 0 Å². The van der Waals surface area contributed by atoms with E-state index in [9.17, 15) is 0 Å². The van der Waals surface area contributed by atoms with Crippen molar-refractivity contribution in [3.05, 3.63) is 24.0 Å². The first kappa shape index (κ1) is 9.98. The maximum absolute atomic E-state index is 5.27. The Kier molecular flexibility index (Phi) is 2.87. The molecule has 0 aliphatic rings. The molecule has 0 amide bonds. The second-order valence-corrected chi connectivity index (χ2v) is 3.34. The second kappa shape index (κ2) is 4.31. The van der Waals surface area contributed by atoms with Gasteiger partial charge in [0.1, 0.15) is 17.0 Å². The van der Waals surface area contributed by atoms with Gasteiger partial charge in [-0.1, -0.05) is 5.16 Å². The molecule has 0 bridgehead atoms. The van der Waals surface area contributed by atoms with Crippen LogP contribution < -0.4 is 10.1 Å². The third kappa shape index (κ3) is 1.94. The molecule has 1 aromatic heterocycles. The molecule has 4 nitrogen and oxygen atoms in total. The molecule has 0 aliphatic heterocycles. The van der Waals surface area contributed by atoms with Gasteiger partial charge in [0.25, 0.3) is 0 Å². The smallest absolute Gasteiger partial charge is 0.145 e. The molecule has 0 atom stereocenters. The van der Waals surface area contributed by atoms with E-state index < -0.39 is 0 Å². The molecule has 80 valence electrons. The number of aromatic nitrogens is 1. The van der Waals surface area contributed by atoms with Crippen molar-refractivity contribution in [3.63, 3.8) is 0 Å². The lowest BCUT2D eigenvalue weighted by molar-refractivity contribution is 0.390. The lowest BCUT2D eigenvalue weighted by Gasteiger charge is -1.99. The predicted molar refractivity (Wildman–Crippen MR) is 58.2 cm³/mol. The first-order valence-electron chi connectivity index (χ1n) is 4.92. The summed E-state index contributed by atoms with van der Waals surface area (Å²) in [5, 5.41) is 8.10. The first-order chi connectivity index (χ1) is 7.35. The monoisotopic (exact) mass is 206 g/mol. The van der Waals surface area contributed by atoms with Gasteiger partial charge in [0, 0.05) is 18.4 Å². The Morgan fingerprint density at radius 2 is 2.33 bits per heavy atom. The van der Waals surface area contributed by atoms with Crippen LogP contribution in [0.25, 0.3) is 10.9 Å². The Morgan fingerprint density at radius 3 is 3.07 bits per heavy atom. The van der Waals surface area contributed by atoms with Crippen molar-refractivity contribution in [1.82, 2.24) is 10.5 Å². The molecule has 15 heavy (non-hydrogen) atoms. The summed E-state index contributed by atoms with van der Waals surface area (Å²) in [5.74, 6) is 1.73. The van der Waals surface area contributed by atoms with Gasteiger partial charge >= 0.3 is 0 Å². The maximum atomic E-state index is 5.27. The average molecular weight is 206 g/mol. The van der Waals surface area contributed by atoms with Crippen LogP contribution in [0.2, 0.25) is 0 Å². The van der Waals surface area contributed by atoms with Gasteiger partial charge in [-0.2, -0.15) is 0 Å². The summed E-state index contributed by atoms with van der Waals surface area (Å²) < 4.78 is 10.4. The molecule has 0 saturated carbocycles. The van der Waals surface area contributed by atoms with Gasteiger partial charge in [-0.25, -0.2) is 0 Å². The summed E-state index contributed by atoms with van der Waals surface area (Å²) in [4.78, 5) is 0. The van der Waals surface area contributed by atoms with Gasteiger partial charge < -0.3 is 14.6 Å². The lowest BCUT2D eigenvalue weighted by Crippen LogP contribution is -2.09. The minimum Gasteiger partial charge on any atom is -0.497 e. The quantitative estimate of drug-likeness (QED) is 0.825. The average Bonchev–Trinajstić information content (AvgIpc) is 2.68. The Labute approximate surface area is 88.2 Å². The molecular formula is C11H14N2O2. The summed E-state index contributed by atoms with van der Waals surface area (Å²) >= 11 is 0. The molecule has 0 spiro atoms. The third-order valence-corrected chi connectivity index (χ3v) is 2.36. The molecule has 1 aromatic carbocycles. The lowest BCUT2D eigenvalue weighted by atomic mass is 10.1. The molecular weight excluding hydrogens is 192 g/mol. The summed E-state index contributed by atoms with van der Waals surface area (Å²) in [7, 11) is 3.57. The molecule has 0 fully saturated rings. The highest BCUT2D eigenvalue weighted by atomic mass is 16.5. The van der Waals surface area contributed by atoms with Crippen molar-refractivity contribution in [2.45, 2.75) is 6.42 Å². The molecule has 1 heterocycles. The van der Waals surface area contributed by atoms with Crippen LogP contribution in [-0.4, -0.2) is 25.9 Å². The van der Waals surface area contributed by atoms with E-state index in [-0.39, 0.29) is 0 Å². The zero-order valence-corrected chi connectivity index (χ0v) is 8.91. The minimum absolute atomic E-state index is 0.830. The molecule has 2 aromatic rings. The number of benzene rings is 1. The Bertz CT molecular complexity index is 451. The number of hydrogen-bond donors (Lipinski definition) is 1. The molecule has 2 rings (SSSR count). The highest BCUT2D eigenvalue weighted by Gasteiger charge is 2.08. The van der Waals surface area contributed by atoms with E-state index in [2.05, 4.69) is 10.5 Å². The topological polar surface area (TPSA) is 47.3 Å². The van der Waals surface area contributed by atoms with Crippen molar-refractivity contribution in [2.24, 2.45) is 0 Å². The maximum Gasteiger partial charge on any atom is 0.145 e. The molecule has 0 aliphatic carbocycles. The summed E-state index contributed by atoms with van der Waals surface area (Å²) in [6.45, 7) is 0.876. The Hall–Kier alpha value is -1.55. The molecule has 0 saturated heterocycles. The number of fused-ring (bicyclic) bond motifs is 1. The van der Waals surface area contributed by atoms with E-state index in [0.717, 1.165) is 35.4 Å². The summed E-state index contributed by atoms with van der Waals surface area (Å²) in [6, 6.07) is 5.74. The summed E-state index contributed by atoms with van der Waals surface area (Å²) in [5.41, 5.74) is 0.877. The number of likely N-dealkylation sites (N-methyl/N-ethyl adjacent to an activating group) is 1. The number of rotatable bonds is 4. The van der Waals surface area contributed by atoms with Crippen LogP contribution >= 0.6 is 0 Å². The van der Waals surface area contributed by atoms with Gasteiger partial charge in [0.15, 0.2) is 0 Å². The van der Waals surface area contributed by atoms with Gasteiger partial charge in [-0.05, 0) is 25.2 Å². The minimum atomic E-state index is 0.830. The van der Waals surface area contributed by atoms with Crippen LogP contribution in [0.4, 0.5) is 0 Å². The van der Waals surface area contributed by atoms with Crippen molar-refractivity contribution < 1.29 is 9.26 Å². The second-order valence-electron chi connectivity index (χ2n) is 3.34. The van der Waals surface area contributed by atoms with E-state index in [0.29, 0.717) is 0 Å². The number of ether oxygens (including phenoxy) is 1. The van der Waals surface area contributed by atoms with Crippen molar-refractivity contribution >= 4 is 10.9 Å². The van der Waals surface area contributed by atoms with Crippen molar-refractivity contribution in [2.75, 3.05) is 20.7 Å². The zero-order valence-electron chi connectivity index (χ0n) is 8.91. The number of methoxy groups -OCH3 is 1. The van der Waals surface area contributed by atoms with Crippen LogP contribution in [0.1, 0.15) is 5.76 Å². The van der Waals surface area contributed by atoms with Gasteiger partial charge in [-0.15, -0.1) is 0 Å². The highest BCUT2D eigenvalue weighted by molar-refractivity contribution is 5.81. The van der Waals surface area contributed by atoms with Crippen LogP contribution in [0, 0.1) is 0 Å². The Balaban J connectivity index is 2.38. The zero-order chi connectivity index (χ0) is 10.7. The van der Waals surface area contributed by atoms with E-state index in [1.54, 1.807) is 7.11 Å². The fourth-order valence-corrected chi connectivity index (χ4v) is 1.52. The number of hydrogen-bond acceptors (Lipinski definition) is 4. The predicted octanol–water partition coefficient (Wildman–Crippen LogP) is 1.60. The highest BCUT2D eigenvalue weighted by Crippen LogP contribution is 2.23. The van der Waals surface area contributed by atoms with E-state index in [4.69, 9.17) is 9.26 Å². The van der Waals surface area contributed by atoms with Crippen LogP contribution in [0.15, 0.2) is 22.7 Å². The van der Waals surface area contributed by atoms with Crippen LogP contribution in [-0.2, 0) is 6.42 Å². The standard InChI is InChI=1S/C11H14N2O2/c1-12-6-5-11-9-7-8(14-2)3-4-10(9)13-15-11/h3-4,7,12H,5-6H2,1-2H3. The summed E-state index contributed by atoms with van der Waals surface area (Å²) in [6.07, 6.45) is 0.833. The van der Waals surface area contributed by atoms with Crippen LogP contribution in [0.5, 0.6) is 5.75 Å². The van der Waals surface area contributed by atoms with E-state index in [1.807, 2.05) is 25.2 Å². The van der Waals surface area contributed by atoms with Crippen molar-refractivity contribution in [3.8, 4) is 5.75 Å². The Morgan fingerprint density at radius 1 is 1.47 bits per heavy atom. The largest absolute Gasteiger partial charge is 0.497 e. The van der Waals surface area contributed by atoms with E-state index in [1.165, 1.54) is 0 Å². The fraction of sp³-hybridized carbons (Fsp3) is 0.364. The molecule has 0 radical (unpaired) electrons. The first-order valence-corrected chi connectivity index (χ1v) is 4.92. The number of nitrogens with zero attached hydrogens (tertiary/aromatic N) is 1. The van der Waals surface area contributed by atoms with Gasteiger partial charge in [-0.3, -0.25) is 0 Å². The van der Waals surface area contributed by atoms with Gasteiger partial charge in [0.2, 0.25) is 0 Å². The normalized spacial score (nSPS) is 10.8. The van der Waals surface area contributed by atoms with E-state index >= 15 is 0 Å². The van der Waals surface area contributed by atoms with Gasteiger partial charge in [0.05, 0.1) is 7.11 Å². The van der Waals surface area contributed by atoms with Crippen molar-refractivity contribution in [1.29, 1.82) is 0 Å². The third-order valence-electron chi connectivity index (χ3n) is 2.36. The SMILES string of the molecule is CNCCc1onc2ccc(OC)cc12. The fourth-order valence-electron chi connectivity index (χ4n) is 1.52. The molecule has 4 heteroatoms. The number of nitrogens with one attached hydrogen (secondary N) is 1. The molecule has 0 unspecified atom stereocenters.